The number of rotatable bonds is 8. The van der Waals surface area contributed by atoms with Gasteiger partial charge in [-0.05, 0) is 89.3 Å². The van der Waals surface area contributed by atoms with Gasteiger partial charge in [0.25, 0.3) is 0 Å². The van der Waals surface area contributed by atoms with Crippen molar-refractivity contribution in [3.63, 3.8) is 0 Å². The fraction of sp³-hybridized carbons (Fsp3) is 0.257. The summed E-state index contributed by atoms with van der Waals surface area (Å²) in [6.07, 6.45) is -17.8. The Morgan fingerprint density at radius 3 is 1.96 bits per heavy atom. The third-order valence-corrected chi connectivity index (χ3v) is 9.20. The smallest absolute Gasteiger partial charge is 0.416 e. The van der Waals surface area contributed by atoms with Crippen molar-refractivity contribution >= 4 is 34.7 Å². The molecule has 6 nitrogen and oxygen atoms in total. The second kappa shape index (κ2) is 13.9. The van der Waals surface area contributed by atoms with Gasteiger partial charge in [-0.15, -0.1) is 0 Å². The number of cyclic esters (lactones) is 1. The molecule has 1 saturated heterocycles. The normalized spacial score (nSPS) is 16.7. The van der Waals surface area contributed by atoms with E-state index in [4.69, 9.17) is 9.47 Å². The third-order valence-electron chi connectivity index (χ3n) is 8.37. The molecule has 1 N–H and O–H groups in total. The maximum atomic E-state index is 14.0. The first-order valence-corrected chi connectivity index (χ1v) is 16.3. The van der Waals surface area contributed by atoms with Gasteiger partial charge in [0.1, 0.15) is 11.9 Å². The summed E-state index contributed by atoms with van der Waals surface area (Å²) in [7, 11) is 1.32. The van der Waals surface area contributed by atoms with Crippen LogP contribution in [-0.2, 0) is 34.2 Å². The van der Waals surface area contributed by atoms with E-state index in [1.807, 2.05) is 0 Å². The number of carboxylic acids is 1. The molecule has 0 radical (unpaired) electrons. The summed E-state index contributed by atoms with van der Waals surface area (Å²) in [6, 6.07) is 11.7. The Labute approximate surface area is 297 Å². The molecule has 0 aromatic heterocycles. The van der Waals surface area contributed by atoms with Crippen molar-refractivity contribution in [2.75, 3.05) is 7.11 Å². The van der Waals surface area contributed by atoms with Crippen LogP contribution in [0, 0.1) is 0 Å². The number of benzene rings is 4. The molecule has 2 atom stereocenters. The van der Waals surface area contributed by atoms with Crippen LogP contribution in [0.15, 0.2) is 72.8 Å². The molecule has 5 rings (SSSR count). The summed E-state index contributed by atoms with van der Waals surface area (Å²) < 4.78 is 135. The van der Waals surface area contributed by atoms with Crippen LogP contribution in [0.2, 0.25) is 0 Å². The Morgan fingerprint density at radius 1 is 0.804 bits per heavy atom. The summed E-state index contributed by atoms with van der Waals surface area (Å²) in [4.78, 5) is 25.5. The Bertz CT molecular complexity index is 1960. The number of carboxylic acid groups (broad SMARTS) is 1. The van der Waals surface area contributed by atoms with Gasteiger partial charge in [-0.3, -0.25) is 4.90 Å². The minimum atomic E-state index is -5.15. The lowest BCUT2D eigenvalue weighted by atomic mass is 9.89. The average molecular weight is 837 g/mol. The number of ether oxygens (including phenoxy) is 2. The molecule has 0 spiro atoms. The molecule has 4 aromatic carbocycles. The molecule has 0 saturated carbocycles. The van der Waals surface area contributed by atoms with Gasteiger partial charge >= 0.3 is 30.6 Å². The molecule has 1 aliphatic heterocycles. The average Bonchev–Trinajstić information content (AvgIpc) is 3.34. The van der Waals surface area contributed by atoms with E-state index in [1.54, 1.807) is 24.3 Å². The standard InChI is InChI=1S/C35H25F9INO5/c1-17-30(51-32(49)46(17)16-18-9-23(34(39,40)41)13-24(10-18)35(42,43)44)28-14-22(33(36,37)38)5-7-26(28)27-12-19(4-8-29(27)50-2)25-6-3-20(31(47)48)11-21(25)15-45/h3-14,17,30H,15-16H2,1-2H3,(H,47,48)/t17-,30?/m1/s1. The van der Waals surface area contributed by atoms with E-state index in [2.05, 4.69) is 22.6 Å². The molecule has 16 heteroatoms. The summed E-state index contributed by atoms with van der Waals surface area (Å²) in [5.41, 5.74) is -2.73. The molecule has 51 heavy (non-hydrogen) atoms. The molecule has 1 fully saturated rings. The van der Waals surface area contributed by atoms with Crippen LogP contribution in [0.1, 0.15) is 56.8 Å². The van der Waals surface area contributed by atoms with E-state index in [9.17, 15) is 54.2 Å². The summed E-state index contributed by atoms with van der Waals surface area (Å²) in [6.45, 7) is 0.574. The zero-order valence-corrected chi connectivity index (χ0v) is 28.5. The second-order valence-corrected chi connectivity index (χ2v) is 12.4. The van der Waals surface area contributed by atoms with E-state index in [-0.39, 0.29) is 34.1 Å². The number of carbonyl (C=O) groups excluding carboxylic acids is 1. The predicted molar refractivity (Wildman–Crippen MR) is 174 cm³/mol. The van der Waals surface area contributed by atoms with E-state index in [0.717, 1.165) is 23.1 Å². The molecule has 0 bridgehead atoms. The minimum absolute atomic E-state index is 0.0468. The molecular weight excluding hydrogens is 812 g/mol. The highest BCUT2D eigenvalue weighted by Gasteiger charge is 2.43. The minimum Gasteiger partial charge on any atom is -0.496 e. The first kappa shape index (κ1) is 37.8. The molecular formula is C35H25F9INO5. The van der Waals surface area contributed by atoms with Crippen LogP contribution in [-0.4, -0.2) is 35.2 Å². The van der Waals surface area contributed by atoms with Crippen LogP contribution in [0.4, 0.5) is 44.3 Å². The van der Waals surface area contributed by atoms with Crippen molar-refractivity contribution < 1.29 is 63.7 Å². The van der Waals surface area contributed by atoms with Crippen LogP contribution in [0.5, 0.6) is 5.75 Å². The fourth-order valence-electron chi connectivity index (χ4n) is 5.87. The maximum absolute atomic E-state index is 14.0. The number of hydrogen-bond donors (Lipinski definition) is 1. The van der Waals surface area contributed by atoms with Gasteiger partial charge in [-0.1, -0.05) is 40.8 Å². The molecule has 1 heterocycles. The molecule has 270 valence electrons. The Hall–Kier alpha value is -4.48. The highest BCUT2D eigenvalue weighted by atomic mass is 127. The Balaban J connectivity index is 1.62. The van der Waals surface area contributed by atoms with Gasteiger partial charge in [0.2, 0.25) is 0 Å². The molecule has 4 aromatic rings. The molecule has 1 aliphatic rings. The quantitative estimate of drug-likeness (QED) is 0.109. The summed E-state index contributed by atoms with van der Waals surface area (Å²) in [5.74, 6) is -0.934. The van der Waals surface area contributed by atoms with Crippen LogP contribution in [0.25, 0.3) is 22.3 Å². The van der Waals surface area contributed by atoms with E-state index >= 15 is 0 Å². The second-order valence-electron chi connectivity index (χ2n) is 11.6. The highest BCUT2D eigenvalue weighted by molar-refractivity contribution is 14.1. The van der Waals surface area contributed by atoms with E-state index in [0.29, 0.717) is 33.3 Å². The summed E-state index contributed by atoms with van der Waals surface area (Å²) in [5, 5.41) is 9.44. The number of halogens is 10. The van der Waals surface area contributed by atoms with Gasteiger partial charge in [0, 0.05) is 22.1 Å². The number of aromatic carboxylic acids is 1. The predicted octanol–water partition coefficient (Wildman–Crippen LogP) is 10.8. The lowest BCUT2D eigenvalue weighted by Crippen LogP contribution is -2.31. The van der Waals surface area contributed by atoms with Crippen molar-refractivity contribution in [1.29, 1.82) is 0 Å². The lowest BCUT2D eigenvalue weighted by Gasteiger charge is -2.24. The maximum Gasteiger partial charge on any atom is 0.416 e. The van der Waals surface area contributed by atoms with Crippen molar-refractivity contribution in [3.05, 3.63) is 112 Å². The number of hydrogen-bond acceptors (Lipinski definition) is 4. The number of methoxy groups -OCH3 is 1. The topological polar surface area (TPSA) is 76.1 Å². The zero-order valence-electron chi connectivity index (χ0n) is 26.3. The molecule has 1 unspecified atom stereocenters. The first-order chi connectivity index (χ1) is 23.7. The van der Waals surface area contributed by atoms with Crippen LogP contribution >= 0.6 is 22.6 Å². The highest BCUT2D eigenvalue weighted by Crippen LogP contribution is 2.45. The van der Waals surface area contributed by atoms with E-state index < -0.39 is 71.5 Å². The number of nitrogens with zero attached hydrogens (tertiary/aromatic N) is 1. The Kier molecular flexibility index (Phi) is 10.3. The number of alkyl halides is 10. The van der Waals surface area contributed by atoms with Crippen molar-refractivity contribution in [3.8, 4) is 28.0 Å². The molecule has 1 amide bonds. The van der Waals surface area contributed by atoms with Crippen molar-refractivity contribution in [1.82, 2.24) is 4.90 Å². The number of carbonyl (C=O) groups is 2. The van der Waals surface area contributed by atoms with Gasteiger partial charge < -0.3 is 14.6 Å². The third kappa shape index (κ3) is 7.89. The Morgan fingerprint density at radius 2 is 1.41 bits per heavy atom. The van der Waals surface area contributed by atoms with Gasteiger partial charge in [0.05, 0.1) is 35.4 Å². The van der Waals surface area contributed by atoms with E-state index in [1.165, 1.54) is 26.2 Å². The monoisotopic (exact) mass is 837 g/mol. The first-order valence-electron chi connectivity index (χ1n) is 14.8. The fourth-order valence-corrected chi connectivity index (χ4v) is 6.50. The largest absolute Gasteiger partial charge is 0.496 e. The summed E-state index contributed by atoms with van der Waals surface area (Å²) >= 11 is 2.06. The van der Waals surface area contributed by atoms with Crippen LogP contribution < -0.4 is 4.74 Å². The van der Waals surface area contributed by atoms with Gasteiger partial charge in [-0.2, -0.15) is 39.5 Å². The van der Waals surface area contributed by atoms with Gasteiger partial charge in [0.15, 0.2) is 0 Å². The van der Waals surface area contributed by atoms with Crippen molar-refractivity contribution in [2.24, 2.45) is 0 Å². The lowest BCUT2D eigenvalue weighted by molar-refractivity contribution is -0.143. The molecule has 0 aliphatic carbocycles. The number of amides is 1. The zero-order chi connectivity index (χ0) is 37.6. The van der Waals surface area contributed by atoms with Crippen molar-refractivity contribution in [2.45, 2.75) is 48.6 Å². The van der Waals surface area contributed by atoms with Gasteiger partial charge in [-0.25, -0.2) is 9.59 Å². The SMILES string of the molecule is COc1ccc(-c2ccc(C(=O)O)cc2CI)cc1-c1ccc(C(F)(F)F)cc1C1OC(=O)N(Cc2cc(C(F)(F)F)cc(C(F)(F)F)c2)[C@@H]1C. The van der Waals surface area contributed by atoms with Crippen LogP contribution in [0.3, 0.4) is 0 Å².